The van der Waals surface area contributed by atoms with Crippen LogP contribution in [0, 0.1) is 0 Å². The molecule has 0 radical (unpaired) electrons. The van der Waals surface area contributed by atoms with E-state index in [1.54, 1.807) is 24.4 Å². The van der Waals surface area contributed by atoms with Crippen LogP contribution in [0.2, 0.25) is 5.02 Å². The van der Waals surface area contributed by atoms with E-state index >= 15 is 0 Å². The number of aromatic nitrogens is 1. The fourth-order valence-electron chi connectivity index (χ4n) is 1.31. The van der Waals surface area contributed by atoms with Crippen LogP contribution in [-0.4, -0.2) is 4.98 Å². The molecule has 4 heteroatoms. The van der Waals surface area contributed by atoms with Crippen molar-refractivity contribution >= 4 is 11.6 Å². The summed E-state index contributed by atoms with van der Waals surface area (Å²) in [5.74, 6) is 1.17. The highest BCUT2D eigenvalue weighted by Crippen LogP contribution is 2.26. The largest absolute Gasteiger partial charge is 0.439 e. The minimum atomic E-state index is 0.402. The van der Waals surface area contributed by atoms with E-state index in [0.29, 0.717) is 23.2 Å². The van der Waals surface area contributed by atoms with Crippen LogP contribution >= 0.6 is 11.6 Å². The highest BCUT2D eigenvalue weighted by Gasteiger charge is 2.05. The van der Waals surface area contributed by atoms with Gasteiger partial charge in [0.25, 0.3) is 0 Å². The molecule has 2 aromatic rings. The Kier molecular flexibility index (Phi) is 3.39. The van der Waals surface area contributed by atoms with Gasteiger partial charge in [-0.25, -0.2) is 4.98 Å². The smallest absolute Gasteiger partial charge is 0.219 e. The van der Waals surface area contributed by atoms with Crippen LogP contribution in [0.15, 0.2) is 42.6 Å². The molecule has 3 nitrogen and oxygen atoms in total. The number of pyridine rings is 1. The number of rotatable bonds is 3. The summed E-state index contributed by atoms with van der Waals surface area (Å²) in [6.07, 6.45) is 1.67. The Bertz CT molecular complexity index is 474. The van der Waals surface area contributed by atoms with E-state index in [1.165, 1.54) is 0 Å². The second kappa shape index (κ2) is 4.96. The first-order chi connectivity index (χ1) is 7.79. The predicted octanol–water partition coefficient (Wildman–Crippen LogP) is 2.99. The van der Waals surface area contributed by atoms with Crippen molar-refractivity contribution in [3.8, 4) is 11.6 Å². The van der Waals surface area contributed by atoms with Gasteiger partial charge in [-0.2, -0.15) is 0 Å². The lowest BCUT2D eigenvalue weighted by molar-refractivity contribution is 0.457. The van der Waals surface area contributed by atoms with Crippen molar-refractivity contribution in [2.24, 2.45) is 5.73 Å². The van der Waals surface area contributed by atoms with Crippen LogP contribution in [0.1, 0.15) is 5.56 Å². The van der Waals surface area contributed by atoms with Gasteiger partial charge in [0.15, 0.2) is 0 Å². The lowest BCUT2D eigenvalue weighted by atomic mass is 10.2. The van der Waals surface area contributed by atoms with Gasteiger partial charge in [0.05, 0.1) is 0 Å². The van der Waals surface area contributed by atoms with Crippen molar-refractivity contribution in [2.45, 2.75) is 6.54 Å². The van der Waals surface area contributed by atoms with Gasteiger partial charge in [0.2, 0.25) is 5.88 Å². The molecule has 1 aromatic heterocycles. The third-order valence-corrected chi connectivity index (χ3v) is 2.34. The lowest BCUT2D eigenvalue weighted by Crippen LogP contribution is -1.99. The number of hydrogen-bond acceptors (Lipinski definition) is 3. The Labute approximate surface area is 98.8 Å². The third kappa shape index (κ3) is 2.51. The van der Waals surface area contributed by atoms with E-state index in [-0.39, 0.29) is 0 Å². The van der Waals surface area contributed by atoms with E-state index in [2.05, 4.69) is 4.98 Å². The van der Waals surface area contributed by atoms with Gasteiger partial charge in [0.1, 0.15) is 5.75 Å². The summed E-state index contributed by atoms with van der Waals surface area (Å²) in [6, 6.07) is 10.8. The third-order valence-electron chi connectivity index (χ3n) is 2.10. The molecule has 0 amide bonds. The molecule has 0 aliphatic heterocycles. The fourth-order valence-corrected chi connectivity index (χ4v) is 1.47. The number of halogens is 1. The van der Waals surface area contributed by atoms with Gasteiger partial charge in [-0.3, -0.25) is 0 Å². The highest BCUT2D eigenvalue weighted by atomic mass is 35.5. The molecular formula is C12H11ClN2O. The minimum Gasteiger partial charge on any atom is -0.439 e. The van der Waals surface area contributed by atoms with Crippen molar-refractivity contribution in [1.82, 2.24) is 4.98 Å². The van der Waals surface area contributed by atoms with Gasteiger partial charge in [-0.1, -0.05) is 23.7 Å². The summed E-state index contributed by atoms with van der Waals surface area (Å²) in [4.78, 5) is 4.07. The van der Waals surface area contributed by atoms with Gasteiger partial charge in [-0.15, -0.1) is 0 Å². The number of nitrogens with two attached hydrogens (primary N) is 1. The minimum absolute atomic E-state index is 0.402. The summed E-state index contributed by atoms with van der Waals surface area (Å²) in [7, 11) is 0. The second-order valence-electron chi connectivity index (χ2n) is 3.23. The Morgan fingerprint density at radius 3 is 2.81 bits per heavy atom. The first-order valence-electron chi connectivity index (χ1n) is 4.87. The first kappa shape index (κ1) is 10.9. The molecule has 2 N–H and O–H groups in total. The predicted molar refractivity (Wildman–Crippen MR) is 63.7 cm³/mol. The van der Waals surface area contributed by atoms with Crippen molar-refractivity contribution in [3.05, 3.63) is 53.2 Å². The Hall–Kier alpha value is -1.58. The van der Waals surface area contributed by atoms with E-state index in [1.807, 2.05) is 18.2 Å². The number of ether oxygens (including phenoxy) is 1. The van der Waals surface area contributed by atoms with Gasteiger partial charge < -0.3 is 10.5 Å². The lowest BCUT2D eigenvalue weighted by Gasteiger charge is -2.09. The van der Waals surface area contributed by atoms with Gasteiger partial charge in [-0.05, 0) is 18.2 Å². The van der Waals surface area contributed by atoms with Crippen molar-refractivity contribution in [3.63, 3.8) is 0 Å². The normalized spacial score (nSPS) is 10.1. The number of benzene rings is 1. The molecule has 16 heavy (non-hydrogen) atoms. The Morgan fingerprint density at radius 2 is 2.12 bits per heavy atom. The molecule has 0 fully saturated rings. The standard InChI is InChI=1S/C12H11ClN2O/c13-10-5-4-9(8-14)11(7-10)16-12-3-1-2-6-15-12/h1-7H,8,14H2. The topological polar surface area (TPSA) is 48.1 Å². The van der Waals surface area contributed by atoms with Crippen molar-refractivity contribution in [1.29, 1.82) is 0 Å². The summed E-state index contributed by atoms with van der Waals surface area (Å²) >= 11 is 5.90. The second-order valence-corrected chi connectivity index (χ2v) is 3.66. The van der Waals surface area contributed by atoms with Crippen LogP contribution in [-0.2, 0) is 6.54 Å². The van der Waals surface area contributed by atoms with E-state index in [4.69, 9.17) is 22.1 Å². The van der Waals surface area contributed by atoms with Crippen molar-refractivity contribution in [2.75, 3.05) is 0 Å². The molecular weight excluding hydrogens is 224 g/mol. The number of hydrogen-bond donors (Lipinski definition) is 1. The zero-order valence-corrected chi connectivity index (χ0v) is 9.32. The average molecular weight is 235 g/mol. The zero-order valence-electron chi connectivity index (χ0n) is 8.56. The number of nitrogens with zero attached hydrogens (tertiary/aromatic N) is 1. The molecule has 0 saturated carbocycles. The SMILES string of the molecule is NCc1ccc(Cl)cc1Oc1ccccn1. The molecule has 1 heterocycles. The molecule has 0 bridgehead atoms. The van der Waals surface area contributed by atoms with Crippen LogP contribution in [0.5, 0.6) is 11.6 Å². The summed E-state index contributed by atoms with van der Waals surface area (Å²) < 4.78 is 5.61. The highest BCUT2D eigenvalue weighted by molar-refractivity contribution is 6.30. The molecule has 2 rings (SSSR count). The fraction of sp³-hybridized carbons (Fsp3) is 0.0833. The summed E-state index contributed by atoms with van der Waals surface area (Å²) in [5, 5.41) is 0.614. The quantitative estimate of drug-likeness (QED) is 0.888. The summed E-state index contributed by atoms with van der Waals surface area (Å²) in [5.41, 5.74) is 6.51. The molecule has 0 aliphatic carbocycles. The van der Waals surface area contributed by atoms with Crippen LogP contribution in [0.3, 0.4) is 0 Å². The van der Waals surface area contributed by atoms with Crippen molar-refractivity contribution < 1.29 is 4.74 Å². The molecule has 0 spiro atoms. The van der Waals surface area contributed by atoms with Crippen LogP contribution in [0.25, 0.3) is 0 Å². The van der Waals surface area contributed by atoms with E-state index in [0.717, 1.165) is 5.56 Å². The van der Waals surface area contributed by atoms with E-state index in [9.17, 15) is 0 Å². The maximum atomic E-state index is 5.90. The Morgan fingerprint density at radius 1 is 1.25 bits per heavy atom. The monoisotopic (exact) mass is 234 g/mol. The van der Waals surface area contributed by atoms with Crippen LogP contribution in [0.4, 0.5) is 0 Å². The average Bonchev–Trinajstić information content (AvgIpc) is 2.31. The summed E-state index contributed by atoms with van der Waals surface area (Å²) in [6.45, 7) is 0.402. The molecule has 0 unspecified atom stereocenters. The molecule has 82 valence electrons. The van der Waals surface area contributed by atoms with Gasteiger partial charge in [0, 0.05) is 29.4 Å². The maximum Gasteiger partial charge on any atom is 0.219 e. The molecule has 0 atom stereocenters. The van der Waals surface area contributed by atoms with Crippen LogP contribution < -0.4 is 10.5 Å². The maximum absolute atomic E-state index is 5.90. The van der Waals surface area contributed by atoms with E-state index < -0.39 is 0 Å². The molecule has 1 aromatic carbocycles. The zero-order chi connectivity index (χ0) is 11.4. The van der Waals surface area contributed by atoms with Gasteiger partial charge >= 0.3 is 0 Å². The molecule has 0 aliphatic rings. The Balaban J connectivity index is 2.30. The first-order valence-corrected chi connectivity index (χ1v) is 5.25. The molecule has 0 saturated heterocycles.